The average molecular weight is 467 g/mol. The highest BCUT2D eigenvalue weighted by Gasteiger charge is 2.35. The summed E-state index contributed by atoms with van der Waals surface area (Å²) in [6.07, 6.45) is 0.821. The number of nitrogens with zero attached hydrogens (tertiary/aromatic N) is 2. The number of esters is 1. The van der Waals surface area contributed by atoms with Gasteiger partial charge < -0.3 is 9.64 Å². The van der Waals surface area contributed by atoms with Crippen LogP contribution in [-0.2, 0) is 19.6 Å². The third kappa shape index (κ3) is 4.36. The van der Waals surface area contributed by atoms with Crippen LogP contribution in [0, 0.1) is 5.92 Å². The van der Waals surface area contributed by atoms with E-state index in [4.69, 9.17) is 4.74 Å². The third-order valence-electron chi connectivity index (χ3n) is 6.17. The maximum absolute atomic E-state index is 13.2. The van der Waals surface area contributed by atoms with Crippen molar-refractivity contribution >= 4 is 38.4 Å². The Morgan fingerprint density at radius 2 is 1.58 bits per heavy atom. The van der Waals surface area contributed by atoms with E-state index in [0.717, 1.165) is 16.5 Å². The summed E-state index contributed by atoms with van der Waals surface area (Å²) >= 11 is 0. The summed E-state index contributed by atoms with van der Waals surface area (Å²) < 4.78 is 32.5. The van der Waals surface area contributed by atoms with Crippen molar-refractivity contribution in [2.45, 2.75) is 17.7 Å². The molecular weight excluding hydrogens is 440 g/mol. The first kappa shape index (κ1) is 22.9. The molecule has 1 aliphatic heterocycles. The summed E-state index contributed by atoms with van der Waals surface area (Å²) in [6, 6.07) is 19.8. The van der Waals surface area contributed by atoms with Crippen LogP contribution in [0.25, 0.3) is 10.8 Å². The summed E-state index contributed by atoms with van der Waals surface area (Å²) in [5.74, 6) is -1.01. The number of hydrogen-bond acceptors (Lipinski definition) is 5. The van der Waals surface area contributed by atoms with Crippen molar-refractivity contribution in [3.63, 3.8) is 0 Å². The van der Waals surface area contributed by atoms with Gasteiger partial charge in [0.25, 0.3) is 0 Å². The maximum Gasteiger partial charge on any atom is 0.339 e. The molecule has 0 spiro atoms. The molecule has 0 unspecified atom stereocenters. The van der Waals surface area contributed by atoms with Gasteiger partial charge in [-0.05, 0) is 36.4 Å². The van der Waals surface area contributed by atoms with Crippen LogP contribution in [-0.4, -0.2) is 51.8 Å². The zero-order chi connectivity index (χ0) is 23.6. The molecule has 0 radical (unpaired) electrons. The zero-order valence-corrected chi connectivity index (χ0v) is 19.4. The van der Waals surface area contributed by atoms with Gasteiger partial charge in [0.1, 0.15) is 0 Å². The van der Waals surface area contributed by atoms with Crippen LogP contribution in [0.5, 0.6) is 0 Å². The minimum Gasteiger partial charge on any atom is -0.465 e. The van der Waals surface area contributed by atoms with Crippen LogP contribution in [0.1, 0.15) is 23.2 Å². The van der Waals surface area contributed by atoms with E-state index in [9.17, 15) is 18.0 Å². The first-order valence-corrected chi connectivity index (χ1v) is 12.2. The first-order valence-electron chi connectivity index (χ1n) is 10.8. The van der Waals surface area contributed by atoms with Crippen LogP contribution < -0.4 is 4.90 Å². The number of ether oxygens (including phenoxy) is 1. The number of benzene rings is 3. The van der Waals surface area contributed by atoms with Gasteiger partial charge in [0.2, 0.25) is 15.9 Å². The number of methoxy groups -OCH3 is 1. The fraction of sp³-hybridized carbons (Fsp3) is 0.280. The second-order valence-corrected chi connectivity index (χ2v) is 9.97. The molecular formula is C25H26N2O5S. The Kier molecular flexibility index (Phi) is 6.49. The van der Waals surface area contributed by atoms with Gasteiger partial charge in [0.05, 0.1) is 23.3 Å². The molecule has 33 heavy (non-hydrogen) atoms. The van der Waals surface area contributed by atoms with Gasteiger partial charge in [-0.15, -0.1) is 0 Å². The SMILES string of the molecule is COC(=O)c1ccccc1S(=O)(=O)N1CCC(C(=O)N(C)c2cccc3ccccc23)CC1. The highest BCUT2D eigenvalue weighted by molar-refractivity contribution is 7.89. The molecule has 4 rings (SSSR count). The Hall–Kier alpha value is -3.23. The van der Waals surface area contributed by atoms with Crippen molar-refractivity contribution in [3.8, 4) is 0 Å². The van der Waals surface area contributed by atoms with Crippen LogP contribution in [0.15, 0.2) is 71.6 Å². The number of piperidine rings is 1. The molecule has 0 aliphatic carbocycles. The van der Waals surface area contributed by atoms with Crippen LogP contribution in [0.2, 0.25) is 0 Å². The third-order valence-corrected chi connectivity index (χ3v) is 8.13. The second-order valence-electron chi connectivity index (χ2n) is 8.06. The number of hydrogen-bond donors (Lipinski definition) is 0. The standard InChI is InChI=1S/C25H26N2O5S/c1-26(22-12-7-9-18-8-3-4-10-20(18)22)24(28)19-14-16-27(17-15-19)33(30,31)23-13-6-5-11-21(23)25(29)32-2/h3-13,19H,14-17H2,1-2H3. The predicted molar refractivity (Wildman–Crippen MR) is 127 cm³/mol. The lowest BCUT2D eigenvalue weighted by atomic mass is 9.96. The van der Waals surface area contributed by atoms with E-state index in [-0.39, 0.29) is 35.4 Å². The quantitative estimate of drug-likeness (QED) is 0.536. The number of amides is 1. The van der Waals surface area contributed by atoms with E-state index in [1.807, 2.05) is 42.5 Å². The number of sulfonamides is 1. The Balaban J connectivity index is 1.50. The molecule has 3 aromatic rings. The number of rotatable bonds is 5. The largest absolute Gasteiger partial charge is 0.465 e. The minimum absolute atomic E-state index is 0.00823. The summed E-state index contributed by atoms with van der Waals surface area (Å²) in [7, 11) is -0.909. The van der Waals surface area contributed by atoms with Crippen molar-refractivity contribution in [2.24, 2.45) is 5.92 Å². The van der Waals surface area contributed by atoms with Gasteiger partial charge >= 0.3 is 5.97 Å². The zero-order valence-electron chi connectivity index (χ0n) is 18.6. The molecule has 0 aromatic heterocycles. The Bertz CT molecular complexity index is 1290. The maximum atomic E-state index is 13.2. The molecule has 172 valence electrons. The number of carbonyl (C=O) groups is 2. The average Bonchev–Trinajstić information content (AvgIpc) is 2.87. The Labute approximate surface area is 193 Å². The number of anilines is 1. The summed E-state index contributed by atoms with van der Waals surface area (Å²) in [5.41, 5.74) is 0.842. The molecule has 1 fully saturated rings. The molecule has 3 aromatic carbocycles. The molecule has 1 heterocycles. The lowest BCUT2D eigenvalue weighted by molar-refractivity contribution is -0.123. The van der Waals surface area contributed by atoms with Gasteiger partial charge in [-0.1, -0.05) is 48.5 Å². The summed E-state index contributed by atoms with van der Waals surface area (Å²) in [5, 5.41) is 2.05. The summed E-state index contributed by atoms with van der Waals surface area (Å²) in [6.45, 7) is 0.412. The van der Waals surface area contributed by atoms with Gasteiger partial charge in [0.15, 0.2) is 0 Å². The number of carbonyl (C=O) groups excluding carboxylic acids is 2. The first-order chi connectivity index (χ1) is 15.8. The van der Waals surface area contributed by atoms with Gasteiger partial charge in [-0.3, -0.25) is 4.79 Å². The topological polar surface area (TPSA) is 84.0 Å². The highest BCUT2D eigenvalue weighted by Crippen LogP contribution is 2.30. The van der Waals surface area contributed by atoms with E-state index in [2.05, 4.69) is 0 Å². The lowest BCUT2D eigenvalue weighted by Gasteiger charge is -2.33. The highest BCUT2D eigenvalue weighted by atomic mass is 32.2. The second kappa shape index (κ2) is 9.33. The lowest BCUT2D eigenvalue weighted by Crippen LogP contribution is -2.43. The monoisotopic (exact) mass is 466 g/mol. The molecule has 0 atom stereocenters. The summed E-state index contributed by atoms with van der Waals surface area (Å²) in [4.78, 5) is 26.9. The fourth-order valence-corrected chi connectivity index (χ4v) is 6.00. The predicted octanol–water partition coefficient (Wildman–Crippen LogP) is 3.69. The number of fused-ring (bicyclic) bond motifs is 1. The molecule has 7 nitrogen and oxygen atoms in total. The normalized spacial score (nSPS) is 15.3. The molecule has 1 amide bonds. The van der Waals surface area contributed by atoms with Gasteiger partial charge in [0, 0.05) is 31.4 Å². The van der Waals surface area contributed by atoms with Crippen molar-refractivity contribution in [1.82, 2.24) is 4.31 Å². The van der Waals surface area contributed by atoms with Crippen molar-refractivity contribution in [2.75, 3.05) is 32.1 Å². The van der Waals surface area contributed by atoms with E-state index < -0.39 is 16.0 Å². The van der Waals surface area contributed by atoms with Crippen molar-refractivity contribution < 1.29 is 22.7 Å². The molecule has 1 aliphatic rings. The van der Waals surface area contributed by atoms with E-state index in [0.29, 0.717) is 12.8 Å². The van der Waals surface area contributed by atoms with Crippen LogP contribution in [0.4, 0.5) is 5.69 Å². The van der Waals surface area contributed by atoms with Crippen molar-refractivity contribution in [3.05, 3.63) is 72.3 Å². The molecule has 0 N–H and O–H groups in total. The van der Waals surface area contributed by atoms with E-state index >= 15 is 0 Å². The molecule has 8 heteroatoms. The van der Waals surface area contributed by atoms with Crippen LogP contribution in [0.3, 0.4) is 0 Å². The smallest absolute Gasteiger partial charge is 0.339 e. The molecule has 0 saturated carbocycles. The van der Waals surface area contributed by atoms with E-state index in [1.165, 1.54) is 23.5 Å². The Morgan fingerprint density at radius 3 is 2.30 bits per heavy atom. The Morgan fingerprint density at radius 1 is 0.939 bits per heavy atom. The van der Waals surface area contributed by atoms with E-state index in [1.54, 1.807) is 24.1 Å². The van der Waals surface area contributed by atoms with Gasteiger partial charge in [-0.2, -0.15) is 4.31 Å². The van der Waals surface area contributed by atoms with Crippen LogP contribution >= 0.6 is 0 Å². The van der Waals surface area contributed by atoms with Crippen molar-refractivity contribution in [1.29, 1.82) is 0 Å². The fourth-order valence-electron chi connectivity index (χ4n) is 4.35. The molecule has 1 saturated heterocycles. The molecule has 0 bridgehead atoms. The minimum atomic E-state index is -3.89. The van der Waals surface area contributed by atoms with Gasteiger partial charge in [-0.25, -0.2) is 13.2 Å².